The Balaban J connectivity index is -0.0000000720. The first-order chi connectivity index (χ1) is 5.69. The SMILES string of the molecule is O.O.O.O=P(O)(O)C(CCCO)P(=O)(O)O.[H-].[Na+]. The summed E-state index contributed by atoms with van der Waals surface area (Å²) in [5.41, 5.74) is 0. The van der Waals surface area contributed by atoms with E-state index in [1.807, 2.05) is 0 Å². The minimum absolute atomic E-state index is 0. The molecule has 0 aliphatic carbocycles. The van der Waals surface area contributed by atoms with Crippen LogP contribution in [-0.4, -0.2) is 53.1 Å². The van der Waals surface area contributed by atoms with Crippen molar-refractivity contribution in [2.24, 2.45) is 0 Å². The number of hydrogen-bond donors (Lipinski definition) is 5. The molecule has 0 atom stereocenters. The Morgan fingerprint density at radius 3 is 1.41 bits per heavy atom. The van der Waals surface area contributed by atoms with Crippen molar-refractivity contribution >= 4 is 15.2 Å². The molecule has 13 heteroatoms. The molecule has 0 aromatic heterocycles. The van der Waals surface area contributed by atoms with Crippen molar-refractivity contribution < 1.29 is 81.2 Å². The molecule has 0 aromatic carbocycles. The predicted molar refractivity (Wildman–Crippen MR) is 56.1 cm³/mol. The van der Waals surface area contributed by atoms with Crippen LogP contribution < -0.4 is 29.6 Å². The van der Waals surface area contributed by atoms with Gasteiger partial charge in [-0.05, 0) is 12.8 Å². The summed E-state index contributed by atoms with van der Waals surface area (Å²) >= 11 is 0. The van der Waals surface area contributed by atoms with E-state index in [0.29, 0.717) is 0 Å². The van der Waals surface area contributed by atoms with Gasteiger partial charge in [-0.2, -0.15) is 0 Å². The second-order valence-corrected chi connectivity index (χ2v) is 6.54. The molecule has 0 aromatic rings. The zero-order chi connectivity index (χ0) is 10.7. The standard InChI is InChI=1S/C4H12O7P2.Na.3H2O.H/c5-3-1-2-4(12(6,7)8)13(9,10)11;;;;;/h4-5H,1-3H2,(H2,6,7,8)(H2,9,10,11);;3*1H2;/q;+1;;;;-1. The molecule has 0 saturated heterocycles. The van der Waals surface area contributed by atoms with Crippen LogP contribution in [0.15, 0.2) is 0 Å². The van der Waals surface area contributed by atoms with Crippen molar-refractivity contribution in [2.45, 2.75) is 18.2 Å². The van der Waals surface area contributed by atoms with Crippen LogP contribution in [-0.2, 0) is 9.13 Å². The molecule has 11 N–H and O–H groups in total. The normalized spacial score (nSPS) is 10.5. The molecule has 0 bridgehead atoms. The summed E-state index contributed by atoms with van der Waals surface area (Å²) in [5.74, 6) is 0. The average Bonchev–Trinajstić information content (AvgIpc) is 1.81. The number of rotatable bonds is 5. The van der Waals surface area contributed by atoms with E-state index in [1.165, 1.54) is 0 Å². The molecule has 0 spiro atoms. The van der Waals surface area contributed by atoms with E-state index < -0.39 is 27.0 Å². The van der Waals surface area contributed by atoms with Crippen molar-refractivity contribution in [3.8, 4) is 0 Å². The van der Waals surface area contributed by atoms with E-state index in [-0.39, 0.29) is 60.4 Å². The Morgan fingerprint density at radius 2 is 1.24 bits per heavy atom. The van der Waals surface area contributed by atoms with Gasteiger partial charge in [0.05, 0.1) is 0 Å². The van der Waals surface area contributed by atoms with E-state index in [1.54, 1.807) is 0 Å². The van der Waals surface area contributed by atoms with Crippen LogP contribution in [0.1, 0.15) is 14.3 Å². The van der Waals surface area contributed by atoms with E-state index in [0.717, 1.165) is 0 Å². The van der Waals surface area contributed by atoms with Gasteiger partial charge in [-0.15, -0.1) is 0 Å². The monoisotopic (exact) mass is 312 g/mol. The van der Waals surface area contributed by atoms with Gasteiger partial charge in [-0.3, -0.25) is 9.13 Å². The molecule has 17 heavy (non-hydrogen) atoms. The zero-order valence-corrected chi connectivity index (χ0v) is 12.9. The molecule has 0 rings (SSSR count). The molecule has 0 heterocycles. The van der Waals surface area contributed by atoms with Gasteiger partial charge in [0.15, 0.2) is 5.40 Å². The van der Waals surface area contributed by atoms with Crippen molar-refractivity contribution in [1.29, 1.82) is 0 Å². The average molecular weight is 312 g/mol. The number of aliphatic hydroxyl groups excluding tert-OH is 1. The summed E-state index contributed by atoms with van der Waals surface area (Å²) in [4.78, 5) is 34.3. The first-order valence-electron chi connectivity index (χ1n) is 3.41. The third kappa shape index (κ3) is 13.4. The quantitative estimate of drug-likeness (QED) is 0.243. The predicted octanol–water partition coefficient (Wildman–Crippen LogP) is -5.92. The second kappa shape index (κ2) is 12.2. The minimum Gasteiger partial charge on any atom is -1.00 e. The van der Waals surface area contributed by atoms with Gasteiger partial charge < -0.3 is 42.5 Å². The maximum atomic E-state index is 10.6. The van der Waals surface area contributed by atoms with Crippen LogP contribution in [0.4, 0.5) is 0 Å². The molecule has 0 fully saturated rings. The second-order valence-electron chi connectivity index (χ2n) is 2.52. The third-order valence-corrected chi connectivity index (χ3v) is 5.27. The maximum Gasteiger partial charge on any atom is 1.00 e. The van der Waals surface area contributed by atoms with Gasteiger partial charge in [-0.1, -0.05) is 0 Å². The number of aliphatic hydroxyl groups is 1. The molecule has 10 nitrogen and oxygen atoms in total. The van der Waals surface area contributed by atoms with E-state index >= 15 is 0 Å². The summed E-state index contributed by atoms with van der Waals surface area (Å²) in [6.45, 7) is -0.365. The first-order valence-corrected chi connectivity index (χ1v) is 6.77. The van der Waals surface area contributed by atoms with Crippen LogP contribution >= 0.6 is 15.2 Å². The van der Waals surface area contributed by atoms with Gasteiger partial charge >= 0.3 is 44.7 Å². The Hall–Kier alpha value is 1.14. The van der Waals surface area contributed by atoms with Gasteiger partial charge in [0.1, 0.15) is 0 Å². The Bertz CT molecular complexity index is 230. The van der Waals surface area contributed by atoms with Gasteiger partial charge in [0.25, 0.3) is 0 Å². The van der Waals surface area contributed by atoms with Crippen molar-refractivity contribution in [2.75, 3.05) is 6.61 Å². The Morgan fingerprint density at radius 1 is 0.941 bits per heavy atom. The summed E-state index contributed by atoms with van der Waals surface area (Å²) in [5, 5.41) is 6.35. The van der Waals surface area contributed by atoms with Crippen LogP contribution in [0, 0.1) is 0 Å². The molecule has 0 aliphatic rings. The molecule has 0 unspecified atom stereocenters. The molecule has 106 valence electrons. The third-order valence-electron chi connectivity index (χ3n) is 1.40. The topological polar surface area (TPSA) is 230 Å². The van der Waals surface area contributed by atoms with E-state index in [9.17, 15) is 9.13 Å². The summed E-state index contributed by atoms with van der Waals surface area (Å²) in [7, 11) is -9.60. The van der Waals surface area contributed by atoms with Crippen molar-refractivity contribution in [1.82, 2.24) is 0 Å². The molecular formula is C4H19NaO10P2. The fourth-order valence-corrected chi connectivity index (χ4v) is 3.41. The largest absolute Gasteiger partial charge is 1.00 e. The van der Waals surface area contributed by atoms with Crippen LogP contribution in [0.2, 0.25) is 0 Å². The Labute approximate surface area is 121 Å². The van der Waals surface area contributed by atoms with Crippen LogP contribution in [0.3, 0.4) is 0 Å². The van der Waals surface area contributed by atoms with Gasteiger partial charge in [0, 0.05) is 6.61 Å². The smallest absolute Gasteiger partial charge is 1.00 e. The molecule has 0 amide bonds. The van der Waals surface area contributed by atoms with Crippen LogP contribution in [0.5, 0.6) is 0 Å². The summed E-state index contributed by atoms with van der Waals surface area (Å²) in [6.07, 6.45) is -0.452. The fourth-order valence-electron chi connectivity index (χ4n) is 0.806. The maximum absolute atomic E-state index is 10.6. The molecule has 0 saturated carbocycles. The van der Waals surface area contributed by atoms with Crippen LogP contribution in [0.25, 0.3) is 0 Å². The zero-order valence-electron chi connectivity index (χ0n) is 10.1. The van der Waals surface area contributed by atoms with E-state index in [2.05, 4.69) is 0 Å². The minimum atomic E-state index is -4.80. The van der Waals surface area contributed by atoms with Crippen molar-refractivity contribution in [3.63, 3.8) is 0 Å². The molecule has 0 aliphatic heterocycles. The number of hydrogen-bond acceptors (Lipinski definition) is 3. The fraction of sp³-hybridized carbons (Fsp3) is 1.00. The Kier molecular flexibility index (Phi) is 22.1. The summed E-state index contributed by atoms with van der Waals surface area (Å²) < 4.78 is 21.2. The molecular weight excluding hydrogens is 293 g/mol. The van der Waals surface area contributed by atoms with Gasteiger partial charge in [0.2, 0.25) is 0 Å². The van der Waals surface area contributed by atoms with Gasteiger partial charge in [-0.25, -0.2) is 0 Å². The molecule has 0 radical (unpaired) electrons. The first kappa shape index (κ1) is 30.9. The van der Waals surface area contributed by atoms with Crippen molar-refractivity contribution in [3.05, 3.63) is 0 Å². The summed E-state index contributed by atoms with van der Waals surface area (Å²) in [6, 6.07) is 0. The van der Waals surface area contributed by atoms with E-state index in [4.69, 9.17) is 24.7 Å².